The van der Waals surface area contributed by atoms with Crippen LogP contribution < -0.4 is 9.46 Å². The van der Waals surface area contributed by atoms with Crippen LogP contribution in [-0.4, -0.2) is 36.7 Å². The van der Waals surface area contributed by atoms with Crippen LogP contribution in [-0.2, 0) is 16.6 Å². The lowest BCUT2D eigenvalue weighted by Gasteiger charge is -2.19. The van der Waals surface area contributed by atoms with E-state index in [0.29, 0.717) is 23.7 Å². The lowest BCUT2D eigenvalue weighted by molar-refractivity contribution is -0.387. The molecule has 3 aromatic rings. The largest absolute Gasteiger partial charge is 0.489 e. The summed E-state index contributed by atoms with van der Waals surface area (Å²) in [4.78, 5) is 21.6. The molecule has 1 unspecified atom stereocenters. The van der Waals surface area contributed by atoms with Crippen molar-refractivity contribution in [3.05, 3.63) is 99.1 Å². The fourth-order valence-corrected chi connectivity index (χ4v) is 6.27. The number of aromatic carboxylic acids is 1. The number of carboxylic acid groups (broad SMARTS) is 1. The molecule has 0 aliphatic carbocycles. The van der Waals surface area contributed by atoms with Crippen LogP contribution in [0.1, 0.15) is 32.3 Å². The Morgan fingerprint density at radius 2 is 1.85 bits per heavy atom. The fourth-order valence-electron chi connectivity index (χ4n) is 3.71. The Morgan fingerprint density at radius 3 is 2.62 bits per heavy atom. The highest BCUT2D eigenvalue weighted by molar-refractivity contribution is 7.99. The molecule has 0 saturated carbocycles. The average Bonchev–Trinajstić information content (AvgIpc) is 2.98. The SMILES string of the molecule is O=C(O)c1ccc2c(c1)C(SCCNS(=O)(=O)c1ccccc1[N+](=O)[O-])c1ccccc1CO2. The summed E-state index contributed by atoms with van der Waals surface area (Å²) in [7, 11) is -4.09. The lowest BCUT2D eigenvalue weighted by Crippen LogP contribution is -2.27. The van der Waals surface area contributed by atoms with Crippen molar-refractivity contribution in [2.75, 3.05) is 12.3 Å². The van der Waals surface area contributed by atoms with Gasteiger partial charge in [0.2, 0.25) is 10.0 Å². The zero-order valence-corrected chi connectivity index (χ0v) is 19.3. The van der Waals surface area contributed by atoms with Crippen molar-refractivity contribution in [1.82, 2.24) is 4.72 Å². The maximum Gasteiger partial charge on any atom is 0.335 e. The predicted molar refractivity (Wildman–Crippen MR) is 127 cm³/mol. The van der Waals surface area contributed by atoms with E-state index in [1.165, 1.54) is 36.0 Å². The summed E-state index contributed by atoms with van der Waals surface area (Å²) in [5.74, 6) is -0.157. The van der Waals surface area contributed by atoms with Gasteiger partial charge in [-0.1, -0.05) is 36.4 Å². The standard InChI is InChI=1S/C23H20N2O7S2/c26-23(27)15-9-10-20-18(13-15)22(17-6-2-1-5-16(17)14-32-20)33-12-11-24-34(30,31)21-8-4-3-7-19(21)25(28)29/h1-10,13,22,24H,11-12,14H2,(H,26,27). The molecular formula is C23H20N2O7S2. The average molecular weight is 501 g/mol. The number of nitrogens with one attached hydrogen (secondary N) is 1. The quantitative estimate of drug-likeness (QED) is 0.269. The molecule has 0 aromatic heterocycles. The number of hydrogen-bond acceptors (Lipinski definition) is 7. The van der Waals surface area contributed by atoms with Gasteiger partial charge in [-0.05, 0) is 35.4 Å². The highest BCUT2D eigenvalue weighted by Gasteiger charge is 2.27. The molecule has 0 bridgehead atoms. The van der Waals surface area contributed by atoms with Gasteiger partial charge in [-0.25, -0.2) is 17.9 Å². The molecule has 176 valence electrons. The van der Waals surface area contributed by atoms with Crippen LogP contribution in [0.15, 0.2) is 71.6 Å². The molecule has 0 fully saturated rings. The number of ether oxygens (including phenoxy) is 1. The third-order valence-electron chi connectivity index (χ3n) is 5.29. The number of sulfonamides is 1. The fraction of sp³-hybridized carbons (Fsp3) is 0.174. The number of carbonyl (C=O) groups is 1. The number of fused-ring (bicyclic) bond motifs is 2. The minimum Gasteiger partial charge on any atom is -0.489 e. The Morgan fingerprint density at radius 1 is 1.12 bits per heavy atom. The van der Waals surface area contributed by atoms with Crippen molar-refractivity contribution in [2.45, 2.75) is 16.8 Å². The summed E-state index contributed by atoms with van der Waals surface area (Å²) in [6.07, 6.45) is 0. The van der Waals surface area contributed by atoms with Gasteiger partial charge in [-0.3, -0.25) is 10.1 Å². The van der Waals surface area contributed by atoms with Crippen LogP contribution >= 0.6 is 11.8 Å². The van der Waals surface area contributed by atoms with Crippen molar-refractivity contribution in [2.24, 2.45) is 0 Å². The van der Waals surface area contributed by atoms with E-state index >= 15 is 0 Å². The topological polar surface area (TPSA) is 136 Å². The molecule has 11 heteroatoms. The first-order valence-corrected chi connectivity index (χ1v) is 12.7. The summed E-state index contributed by atoms with van der Waals surface area (Å²) < 4.78 is 33.7. The maximum atomic E-state index is 12.7. The molecule has 2 N–H and O–H groups in total. The summed E-state index contributed by atoms with van der Waals surface area (Å²) in [6.45, 7) is 0.351. The summed E-state index contributed by atoms with van der Waals surface area (Å²) in [5.41, 5.74) is 2.23. The predicted octanol–water partition coefficient (Wildman–Crippen LogP) is 3.99. The molecule has 34 heavy (non-hydrogen) atoms. The van der Waals surface area contributed by atoms with Crippen molar-refractivity contribution in [3.8, 4) is 5.75 Å². The van der Waals surface area contributed by atoms with E-state index in [9.17, 15) is 28.4 Å². The first-order chi connectivity index (χ1) is 16.3. The molecular weight excluding hydrogens is 480 g/mol. The Hall–Kier alpha value is -3.41. The number of nitro groups is 1. The minimum atomic E-state index is -4.09. The smallest absolute Gasteiger partial charge is 0.335 e. The monoisotopic (exact) mass is 500 g/mol. The van der Waals surface area contributed by atoms with E-state index < -0.39 is 31.5 Å². The Labute approximate surface area is 200 Å². The molecule has 1 atom stereocenters. The zero-order valence-electron chi connectivity index (χ0n) is 17.7. The molecule has 0 amide bonds. The summed E-state index contributed by atoms with van der Waals surface area (Å²) in [5, 5.41) is 20.4. The third-order valence-corrected chi connectivity index (χ3v) is 8.08. The number of hydrogen-bond donors (Lipinski definition) is 2. The van der Waals surface area contributed by atoms with E-state index in [4.69, 9.17) is 4.74 Å². The summed E-state index contributed by atoms with van der Waals surface area (Å²) in [6, 6.07) is 17.5. The van der Waals surface area contributed by atoms with Crippen molar-refractivity contribution < 1.29 is 28.0 Å². The molecule has 1 aliphatic heterocycles. The second-order valence-corrected chi connectivity index (χ2v) is 10.4. The number of benzene rings is 3. The van der Waals surface area contributed by atoms with Crippen LogP contribution in [0.5, 0.6) is 5.75 Å². The number of nitro benzene ring substituents is 1. The molecule has 9 nitrogen and oxygen atoms in total. The summed E-state index contributed by atoms with van der Waals surface area (Å²) >= 11 is 1.43. The zero-order chi connectivity index (χ0) is 24.3. The van der Waals surface area contributed by atoms with Gasteiger partial charge in [0, 0.05) is 23.9 Å². The molecule has 4 rings (SSSR count). The van der Waals surface area contributed by atoms with Crippen molar-refractivity contribution in [1.29, 1.82) is 0 Å². The highest BCUT2D eigenvalue weighted by atomic mass is 32.2. The Kier molecular flexibility index (Phi) is 6.87. The number of nitrogens with zero attached hydrogens (tertiary/aromatic N) is 1. The number of para-hydroxylation sites is 1. The lowest BCUT2D eigenvalue weighted by atomic mass is 9.98. The van der Waals surface area contributed by atoms with Gasteiger partial charge >= 0.3 is 5.97 Å². The Bertz CT molecular complexity index is 1360. The second-order valence-electron chi connectivity index (χ2n) is 7.42. The molecule has 0 saturated heterocycles. The maximum absolute atomic E-state index is 12.7. The van der Waals surface area contributed by atoms with Crippen LogP contribution in [0.2, 0.25) is 0 Å². The Balaban J connectivity index is 1.56. The minimum absolute atomic E-state index is 0.0204. The molecule has 3 aromatic carbocycles. The molecule has 1 aliphatic rings. The molecule has 0 radical (unpaired) electrons. The van der Waals surface area contributed by atoms with Gasteiger partial charge in [0.1, 0.15) is 12.4 Å². The molecule has 1 heterocycles. The van der Waals surface area contributed by atoms with Gasteiger partial charge in [0.15, 0.2) is 4.90 Å². The van der Waals surface area contributed by atoms with Crippen LogP contribution in [0, 0.1) is 10.1 Å². The van der Waals surface area contributed by atoms with E-state index in [-0.39, 0.29) is 17.4 Å². The second kappa shape index (κ2) is 9.84. The van der Waals surface area contributed by atoms with Crippen molar-refractivity contribution in [3.63, 3.8) is 0 Å². The van der Waals surface area contributed by atoms with Crippen LogP contribution in [0.3, 0.4) is 0 Å². The number of rotatable bonds is 8. The van der Waals surface area contributed by atoms with E-state index in [0.717, 1.165) is 17.2 Å². The first kappa shape index (κ1) is 23.7. The van der Waals surface area contributed by atoms with Gasteiger partial charge in [-0.15, -0.1) is 11.8 Å². The van der Waals surface area contributed by atoms with E-state index in [2.05, 4.69) is 4.72 Å². The normalized spacial score (nSPS) is 14.9. The van der Waals surface area contributed by atoms with E-state index in [1.807, 2.05) is 24.3 Å². The first-order valence-electron chi connectivity index (χ1n) is 10.2. The van der Waals surface area contributed by atoms with Gasteiger partial charge < -0.3 is 9.84 Å². The van der Waals surface area contributed by atoms with Gasteiger partial charge in [0.25, 0.3) is 5.69 Å². The van der Waals surface area contributed by atoms with E-state index in [1.54, 1.807) is 12.1 Å². The van der Waals surface area contributed by atoms with Crippen molar-refractivity contribution >= 4 is 33.4 Å². The third kappa shape index (κ3) is 4.91. The van der Waals surface area contributed by atoms with Gasteiger partial charge in [0.05, 0.1) is 15.7 Å². The van der Waals surface area contributed by atoms with Crippen LogP contribution in [0.25, 0.3) is 0 Å². The number of carboxylic acids is 1. The molecule has 0 spiro atoms. The number of thioether (sulfide) groups is 1. The van der Waals surface area contributed by atoms with Crippen LogP contribution in [0.4, 0.5) is 5.69 Å². The van der Waals surface area contributed by atoms with Gasteiger partial charge in [-0.2, -0.15) is 0 Å². The highest BCUT2D eigenvalue weighted by Crippen LogP contribution is 2.44.